The van der Waals surface area contributed by atoms with Gasteiger partial charge < -0.3 is 0 Å². The lowest BCUT2D eigenvalue weighted by Crippen LogP contribution is -1.94. The summed E-state index contributed by atoms with van der Waals surface area (Å²) < 4.78 is 2.25. The number of nitrogens with zero attached hydrogens (tertiary/aromatic N) is 1. The minimum Gasteiger partial charge on any atom is -0.241 e. The Labute approximate surface area is 143 Å². The molecule has 0 aliphatic rings. The lowest BCUT2D eigenvalue weighted by Gasteiger charge is -2.10. The molecular weight excluding hydrogens is 483 g/mol. The van der Waals surface area contributed by atoms with Gasteiger partial charge in [-0.25, -0.2) is 4.98 Å². The van der Waals surface area contributed by atoms with Crippen LogP contribution in [0, 0.1) is 7.27 Å². The highest BCUT2D eigenvalue weighted by Gasteiger charge is 2.12. The van der Waals surface area contributed by atoms with Crippen molar-refractivity contribution in [3.05, 3.63) is 60.8 Å². The molecule has 4 heteroatoms. The Hall–Kier alpha value is -0.400. The zero-order valence-electron chi connectivity index (χ0n) is 9.70. The van der Waals surface area contributed by atoms with Crippen LogP contribution in [0.25, 0.3) is 22.0 Å². The first-order valence-electron chi connectivity index (χ1n) is 5.66. The van der Waals surface area contributed by atoms with Gasteiger partial charge in [0.2, 0.25) is 0 Å². The van der Waals surface area contributed by atoms with Crippen LogP contribution < -0.4 is 0 Å². The largest absolute Gasteiger partial charge is 0.241 e. The monoisotopic (exact) mass is 491 g/mol. The number of hydrogen-bond acceptors (Lipinski definition) is 1. The standard InChI is InChI=1S/C15H8ClI2N/c16-10-7-5-9(6-8-10)13-14(17)11-3-1-2-4-12(11)19-15(13)18/h1-8H. The molecule has 0 amide bonds. The van der Waals surface area contributed by atoms with E-state index in [0.29, 0.717) is 0 Å². The minimum atomic E-state index is 0.752. The number of pyridine rings is 1. The molecule has 0 radical (unpaired) electrons. The average molecular weight is 491 g/mol. The van der Waals surface area contributed by atoms with Crippen LogP contribution in [0.3, 0.4) is 0 Å². The third-order valence-corrected chi connectivity index (χ3v) is 5.07. The van der Waals surface area contributed by atoms with Crippen LogP contribution in [-0.4, -0.2) is 4.98 Å². The third kappa shape index (κ3) is 2.60. The molecule has 0 N–H and O–H groups in total. The van der Waals surface area contributed by atoms with Gasteiger partial charge in [-0.3, -0.25) is 0 Å². The second kappa shape index (κ2) is 5.54. The van der Waals surface area contributed by atoms with Gasteiger partial charge in [0.05, 0.1) is 5.52 Å². The first kappa shape index (κ1) is 13.6. The zero-order chi connectivity index (χ0) is 13.4. The Morgan fingerprint density at radius 3 is 2.32 bits per heavy atom. The molecule has 0 bridgehead atoms. The molecule has 1 nitrogen and oxygen atoms in total. The van der Waals surface area contributed by atoms with Crippen LogP contribution in [0.1, 0.15) is 0 Å². The first-order valence-corrected chi connectivity index (χ1v) is 8.20. The molecule has 0 saturated heterocycles. The molecule has 2 aromatic carbocycles. The fourth-order valence-corrected chi connectivity index (χ4v) is 4.51. The van der Waals surface area contributed by atoms with Gasteiger partial charge >= 0.3 is 0 Å². The summed E-state index contributed by atoms with van der Waals surface area (Å²) in [6, 6.07) is 16.1. The third-order valence-electron chi connectivity index (χ3n) is 2.92. The van der Waals surface area contributed by atoms with E-state index >= 15 is 0 Å². The topological polar surface area (TPSA) is 12.9 Å². The Morgan fingerprint density at radius 1 is 0.895 bits per heavy atom. The van der Waals surface area contributed by atoms with Gasteiger partial charge in [0, 0.05) is 19.5 Å². The molecule has 1 heterocycles. The van der Waals surface area contributed by atoms with Gasteiger partial charge in [0.1, 0.15) is 3.70 Å². The Morgan fingerprint density at radius 2 is 1.58 bits per heavy atom. The van der Waals surface area contributed by atoms with Gasteiger partial charge in [0.15, 0.2) is 0 Å². The van der Waals surface area contributed by atoms with E-state index in [-0.39, 0.29) is 0 Å². The van der Waals surface area contributed by atoms with Crippen molar-refractivity contribution in [2.24, 2.45) is 0 Å². The van der Waals surface area contributed by atoms with Crippen molar-refractivity contribution >= 4 is 67.7 Å². The molecule has 94 valence electrons. The lowest BCUT2D eigenvalue weighted by molar-refractivity contribution is 1.33. The Balaban J connectivity index is 2.31. The fourth-order valence-electron chi connectivity index (χ4n) is 2.01. The van der Waals surface area contributed by atoms with Crippen molar-refractivity contribution in [2.75, 3.05) is 0 Å². The van der Waals surface area contributed by atoms with Crippen LogP contribution >= 0.6 is 56.8 Å². The maximum atomic E-state index is 5.95. The normalized spacial score (nSPS) is 10.9. The SMILES string of the molecule is Clc1ccc(-c2c(I)nc3ccccc3c2I)cc1. The fraction of sp³-hybridized carbons (Fsp3) is 0. The number of halogens is 3. The van der Waals surface area contributed by atoms with Gasteiger partial charge in [-0.05, 0) is 68.9 Å². The number of rotatable bonds is 1. The quantitative estimate of drug-likeness (QED) is 0.311. The van der Waals surface area contributed by atoms with Crippen molar-refractivity contribution in [1.82, 2.24) is 4.98 Å². The summed E-state index contributed by atoms with van der Waals surface area (Å²) in [5, 5.41) is 1.94. The van der Waals surface area contributed by atoms with E-state index in [1.807, 2.05) is 42.5 Å². The summed E-state index contributed by atoms with van der Waals surface area (Å²) in [6.45, 7) is 0. The Kier molecular flexibility index (Phi) is 3.96. The van der Waals surface area contributed by atoms with Crippen molar-refractivity contribution in [3.63, 3.8) is 0 Å². The number of hydrogen-bond donors (Lipinski definition) is 0. The van der Waals surface area contributed by atoms with Crippen LogP contribution in [0.15, 0.2) is 48.5 Å². The summed E-state index contributed by atoms with van der Waals surface area (Å²) in [4.78, 5) is 4.68. The predicted octanol–water partition coefficient (Wildman–Crippen LogP) is 5.76. The van der Waals surface area contributed by atoms with Gasteiger partial charge in [-0.1, -0.05) is 41.9 Å². The molecule has 0 aliphatic heterocycles. The Bertz CT molecular complexity index is 754. The maximum Gasteiger partial charge on any atom is 0.110 e. The second-order valence-corrected chi connectivity index (χ2v) is 6.65. The van der Waals surface area contributed by atoms with E-state index in [9.17, 15) is 0 Å². The van der Waals surface area contributed by atoms with Crippen molar-refractivity contribution in [2.45, 2.75) is 0 Å². The molecule has 3 rings (SSSR count). The van der Waals surface area contributed by atoms with Crippen LogP contribution in [-0.2, 0) is 0 Å². The summed E-state index contributed by atoms with van der Waals surface area (Å²) in [5.41, 5.74) is 3.36. The minimum absolute atomic E-state index is 0.752. The molecule has 0 atom stereocenters. The molecule has 1 aromatic heterocycles. The molecule has 19 heavy (non-hydrogen) atoms. The smallest absolute Gasteiger partial charge is 0.110 e. The summed E-state index contributed by atoms with van der Waals surface area (Å²) in [6.07, 6.45) is 0. The van der Waals surface area contributed by atoms with Crippen molar-refractivity contribution in [1.29, 1.82) is 0 Å². The summed E-state index contributed by atoms with van der Waals surface area (Å²) >= 11 is 10.7. The maximum absolute atomic E-state index is 5.95. The van der Waals surface area contributed by atoms with E-state index in [2.05, 4.69) is 56.2 Å². The van der Waals surface area contributed by atoms with E-state index in [1.165, 1.54) is 14.5 Å². The number of fused-ring (bicyclic) bond motifs is 1. The zero-order valence-corrected chi connectivity index (χ0v) is 14.8. The van der Waals surface area contributed by atoms with Crippen LogP contribution in [0.5, 0.6) is 0 Å². The second-order valence-electron chi connectivity index (χ2n) is 4.12. The van der Waals surface area contributed by atoms with Gasteiger partial charge in [-0.15, -0.1) is 0 Å². The molecule has 0 spiro atoms. The number of para-hydroxylation sites is 1. The highest BCUT2D eigenvalue weighted by molar-refractivity contribution is 14.1. The summed E-state index contributed by atoms with van der Waals surface area (Å²) in [5.74, 6) is 0. The van der Waals surface area contributed by atoms with E-state index in [1.54, 1.807) is 0 Å². The molecule has 0 aliphatic carbocycles. The van der Waals surface area contributed by atoms with Gasteiger partial charge in [0.25, 0.3) is 0 Å². The molecule has 0 fully saturated rings. The van der Waals surface area contributed by atoms with Crippen LogP contribution in [0.4, 0.5) is 0 Å². The molecule has 0 unspecified atom stereocenters. The number of aromatic nitrogens is 1. The molecule has 0 saturated carbocycles. The average Bonchev–Trinajstić information content (AvgIpc) is 2.41. The van der Waals surface area contributed by atoms with Crippen molar-refractivity contribution in [3.8, 4) is 11.1 Å². The molecule has 3 aromatic rings. The van der Waals surface area contributed by atoms with Crippen LogP contribution in [0.2, 0.25) is 5.02 Å². The van der Waals surface area contributed by atoms with E-state index < -0.39 is 0 Å². The van der Waals surface area contributed by atoms with Crippen molar-refractivity contribution < 1.29 is 0 Å². The van der Waals surface area contributed by atoms with Gasteiger partial charge in [-0.2, -0.15) is 0 Å². The molecular formula is C15H8ClI2N. The summed E-state index contributed by atoms with van der Waals surface area (Å²) in [7, 11) is 0. The predicted molar refractivity (Wildman–Crippen MR) is 97.6 cm³/mol. The number of benzene rings is 2. The lowest BCUT2D eigenvalue weighted by atomic mass is 10.1. The van der Waals surface area contributed by atoms with E-state index in [4.69, 9.17) is 11.6 Å². The first-order chi connectivity index (χ1) is 9.16. The van der Waals surface area contributed by atoms with E-state index in [0.717, 1.165) is 19.8 Å². The highest BCUT2D eigenvalue weighted by atomic mass is 127. The highest BCUT2D eigenvalue weighted by Crippen LogP contribution is 2.34.